The third kappa shape index (κ3) is 9.01. The fourth-order valence-electron chi connectivity index (χ4n) is 1.22. The summed E-state index contributed by atoms with van der Waals surface area (Å²) < 4.78 is 0.352. The molecular weight excluding hydrogens is 202 g/mol. The van der Waals surface area contributed by atoms with Crippen molar-refractivity contribution in [1.82, 2.24) is 5.32 Å². The molecule has 1 atom stereocenters. The van der Waals surface area contributed by atoms with E-state index < -0.39 is 0 Å². The first-order valence-corrected chi connectivity index (χ1v) is 7.02. The summed E-state index contributed by atoms with van der Waals surface area (Å²) >= 11 is 1.92. The number of hydrogen-bond donors (Lipinski definition) is 1. The van der Waals surface area contributed by atoms with Crippen LogP contribution in [-0.4, -0.2) is 23.6 Å². The van der Waals surface area contributed by atoms with Crippen molar-refractivity contribution in [2.75, 3.05) is 12.8 Å². The normalized spacial score (nSPS) is 13.7. The van der Waals surface area contributed by atoms with Gasteiger partial charge in [0, 0.05) is 17.3 Å². The molecule has 0 aliphatic rings. The van der Waals surface area contributed by atoms with Gasteiger partial charge in [-0.3, -0.25) is 0 Å². The van der Waals surface area contributed by atoms with E-state index in [1.54, 1.807) is 0 Å². The van der Waals surface area contributed by atoms with Gasteiger partial charge in [0.15, 0.2) is 0 Å². The minimum absolute atomic E-state index is 0.352. The van der Waals surface area contributed by atoms with Crippen LogP contribution < -0.4 is 5.32 Å². The summed E-state index contributed by atoms with van der Waals surface area (Å²) in [6.45, 7) is 12.3. The van der Waals surface area contributed by atoms with Gasteiger partial charge in [0.25, 0.3) is 0 Å². The second kappa shape index (κ2) is 7.34. The molecule has 0 aromatic heterocycles. The van der Waals surface area contributed by atoms with Crippen molar-refractivity contribution in [3.63, 3.8) is 0 Å². The number of hydrogen-bond acceptors (Lipinski definition) is 2. The number of rotatable bonds is 7. The summed E-state index contributed by atoms with van der Waals surface area (Å²) in [5, 5.41) is 3.60. The third-order valence-electron chi connectivity index (χ3n) is 2.58. The molecular formula is C13H27NS. The van der Waals surface area contributed by atoms with Gasteiger partial charge < -0.3 is 5.32 Å². The number of thioether (sulfide) groups is 1. The molecule has 0 aromatic carbocycles. The van der Waals surface area contributed by atoms with E-state index in [0.29, 0.717) is 10.8 Å². The van der Waals surface area contributed by atoms with Crippen molar-refractivity contribution < 1.29 is 0 Å². The first-order valence-electron chi connectivity index (χ1n) is 5.79. The average molecular weight is 229 g/mol. The van der Waals surface area contributed by atoms with Crippen molar-refractivity contribution in [2.24, 2.45) is 0 Å². The Labute approximate surface area is 100 Å². The Hall–Kier alpha value is 0.0500. The lowest BCUT2D eigenvalue weighted by atomic mass is 10.1. The molecule has 0 rings (SSSR count). The standard InChI is InChI=1S/C13H27NS/c1-11(2)8-7-9-12(3)14-10-13(4,5)15-6/h8,12,14H,7,9-10H2,1-6H3. The highest BCUT2D eigenvalue weighted by atomic mass is 32.2. The third-order valence-corrected chi connectivity index (χ3v) is 3.83. The van der Waals surface area contributed by atoms with E-state index in [1.807, 2.05) is 11.8 Å². The van der Waals surface area contributed by atoms with Gasteiger partial charge in [-0.15, -0.1) is 0 Å². The van der Waals surface area contributed by atoms with Crippen LogP contribution in [0.15, 0.2) is 11.6 Å². The zero-order valence-electron chi connectivity index (χ0n) is 11.2. The molecule has 0 bridgehead atoms. The van der Waals surface area contributed by atoms with Crippen LogP contribution in [0.5, 0.6) is 0 Å². The summed E-state index contributed by atoms with van der Waals surface area (Å²) in [5.74, 6) is 0. The maximum atomic E-state index is 3.60. The van der Waals surface area contributed by atoms with Gasteiger partial charge >= 0.3 is 0 Å². The molecule has 90 valence electrons. The van der Waals surface area contributed by atoms with Gasteiger partial charge in [-0.1, -0.05) is 11.6 Å². The maximum absolute atomic E-state index is 3.60. The Bertz CT molecular complexity index is 193. The number of allylic oxidation sites excluding steroid dienone is 2. The molecule has 0 aliphatic carbocycles. The van der Waals surface area contributed by atoms with Crippen molar-refractivity contribution in [3.8, 4) is 0 Å². The van der Waals surface area contributed by atoms with Crippen LogP contribution >= 0.6 is 11.8 Å². The highest BCUT2D eigenvalue weighted by Crippen LogP contribution is 2.19. The van der Waals surface area contributed by atoms with Gasteiger partial charge in [-0.2, -0.15) is 11.8 Å². The fourth-order valence-corrected chi connectivity index (χ4v) is 1.44. The molecule has 0 saturated heterocycles. The Morgan fingerprint density at radius 1 is 1.40 bits per heavy atom. The highest BCUT2D eigenvalue weighted by molar-refractivity contribution is 7.99. The second-order valence-electron chi connectivity index (χ2n) is 5.10. The zero-order valence-corrected chi connectivity index (χ0v) is 12.0. The van der Waals surface area contributed by atoms with Gasteiger partial charge in [0.2, 0.25) is 0 Å². The van der Waals surface area contributed by atoms with Gasteiger partial charge in [-0.05, 0) is 53.7 Å². The summed E-state index contributed by atoms with van der Waals surface area (Å²) in [6, 6.07) is 0.618. The van der Waals surface area contributed by atoms with Crippen LogP contribution in [0, 0.1) is 0 Å². The molecule has 0 aliphatic heterocycles. The van der Waals surface area contributed by atoms with E-state index in [9.17, 15) is 0 Å². The Balaban J connectivity index is 3.66. The predicted octanol–water partition coefficient (Wildman–Crippen LogP) is 3.85. The number of nitrogens with one attached hydrogen (secondary N) is 1. The lowest BCUT2D eigenvalue weighted by Gasteiger charge is -2.25. The smallest absolute Gasteiger partial charge is 0.0225 e. The van der Waals surface area contributed by atoms with Crippen molar-refractivity contribution >= 4 is 11.8 Å². The minimum atomic E-state index is 0.352. The fraction of sp³-hybridized carbons (Fsp3) is 0.846. The van der Waals surface area contributed by atoms with Crippen molar-refractivity contribution in [2.45, 2.75) is 58.2 Å². The van der Waals surface area contributed by atoms with E-state index in [-0.39, 0.29) is 0 Å². The monoisotopic (exact) mass is 229 g/mol. The van der Waals surface area contributed by atoms with E-state index >= 15 is 0 Å². The molecule has 15 heavy (non-hydrogen) atoms. The average Bonchev–Trinajstić information content (AvgIpc) is 2.14. The maximum Gasteiger partial charge on any atom is 0.0225 e. The molecule has 2 heteroatoms. The van der Waals surface area contributed by atoms with Crippen LogP contribution in [0.1, 0.15) is 47.5 Å². The lowest BCUT2D eigenvalue weighted by Crippen LogP contribution is -2.37. The predicted molar refractivity (Wildman–Crippen MR) is 73.7 cm³/mol. The first-order chi connectivity index (χ1) is 6.87. The summed E-state index contributed by atoms with van der Waals surface area (Å²) in [7, 11) is 0. The lowest BCUT2D eigenvalue weighted by molar-refractivity contribution is 0.485. The molecule has 0 saturated carbocycles. The SMILES string of the molecule is CSC(C)(C)CNC(C)CCC=C(C)C. The van der Waals surface area contributed by atoms with E-state index in [1.165, 1.54) is 18.4 Å². The van der Waals surface area contributed by atoms with Crippen molar-refractivity contribution in [3.05, 3.63) is 11.6 Å². The van der Waals surface area contributed by atoms with Gasteiger partial charge in [0.1, 0.15) is 0 Å². The molecule has 0 heterocycles. The Kier molecular flexibility index (Phi) is 7.37. The Morgan fingerprint density at radius 2 is 2.00 bits per heavy atom. The second-order valence-corrected chi connectivity index (χ2v) is 6.62. The van der Waals surface area contributed by atoms with Crippen LogP contribution in [0.3, 0.4) is 0 Å². The van der Waals surface area contributed by atoms with E-state index in [2.05, 4.69) is 52.3 Å². The quantitative estimate of drug-likeness (QED) is 0.665. The zero-order chi connectivity index (χ0) is 11.9. The van der Waals surface area contributed by atoms with Crippen LogP contribution in [-0.2, 0) is 0 Å². The largest absolute Gasteiger partial charge is 0.313 e. The molecule has 0 amide bonds. The molecule has 0 aromatic rings. The summed E-state index contributed by atoms with van der Waals surface area (Å²) in [6.07, 6.45) is 6.92. The molecule has 1 unspecified atom stereocenters. The van der Waals surface area contributed by atoms with Crippen molar-refractivity contribution in [1.29, 1.82) is 0 Å². The van der Waals surface area contributed by atoms with E-state index in [4.69, 9.17) is 0 Å². The topological polar surface area (TPSA) is 12.0 Å². The molecule has 0 radical (unpaired) electrons. The highest BCUT2D eigenvalue weighted by Gasteiger charge is 2.16. The molecule has 0 fully saturated rings. The minimum Gasteiger partial charge on any atom is -0.313 e. The van der Waals surface area contributed by atoms with E-state index in [0.717, 1.165) is 6.54 Å². The van der Waals surface area contributed by atoms with Gasteiger partial charge in [-0.25, -0.2) is 0 Å². The van der Waals surface area contributed by atoms with Crippen LogP contribution in [0.2, 0.25) is 0 Å². The molecule has 1 N–H and O–H groups in total. The molecule has 0 spiro atoms. The summed E-state index contributed by atoms with van der Waals surface area (Å²) in [5.41, 5.74) is 1.42. The first kappa shape index (κ1) is 15.0. The van der Waals surface area contributed by atoms with Crippen LogP contribution in [0.4, 0.5) is 0 Å². The van der Waals surface area contributed by atoms with Crippen LogP contribution in [0.25, 0.3) is 0 Å². The van der Waals surface area contributed by atoms with Gasteiger partial charge in [0.05, 0.1) is 0 Å². The molecule has 1 nitrogen and oxygen atoms in total. The summed E-state index contributed by atoms with van der Waals surface area (Å²) in [4.78, 5) is 0. The Morgan fingerprint density at radius 3 is 2.47 bits per heavy atom.